The van der Waals surface area contributed by atoms with Gasteiger partial charge >= 0.3 is 0 Å². The Kier molecular flexibility index (Phi) is 2.92. The first kappa shape index (κ1) is 11.7. The third-order valence-corrected chi connectivity index (χ3v) is 3.25. The van der Waals surface area contributed by atoms with E-state index in [2.05, 4.69) is 0 Å². The average Bonchev–Trinajstić information content (AvgIpc) is 2.64. The van der Waals surface area contributed by atoms with Gasteiger partial charge in [0.2, 0.25) is 0 Å². The molecule has 0 spiro atoms. The van der Waals surface area contributed by atoms with Crippen LogP contribution >= 0.6 is 0 Å². The standard InChI is InChI=1S/C12H16FN3O/c1-7-3-2-4-16(7)11-5-8(12(15)17)10(14)6-9(11)13/h5-7H,2-4,14H2,1H3,(H2,15,17). The number of halogens is 1. The first-order valence-corrected chi connectivity index (χ1v) is 5.66. The maximum absolute atomic E-state index is 13.8. The molecule has 1 saturated heterocycles. The fraction of sp³-hybridized carbons (Fsp3) is 0.417. The molecule has 4 nitrogen and oxygen atoms in total. The van der Waals surface area contributed by atoms with Gasteiger partial charge in [0, 0.05) is 18.3 Å². The molecule has 2 rings (SSSR count). The van der Waals surface area contributed by atoms with Crippen molar-refractivity contribution >= 4 is 17.3 Å². The van der Waals surface area contributed by atoms with Gasteiger partial charge in [-0.25, -0.2) is 4.39 Å². The van der Waals surface area contributed by atoms with Crippen LogP contribution in [0.4, 0.5) is 15.8 Å². The molecule has 5 heteroatoms. The van der Waals surface area contributed by atoms with Crippen LogP contribution in [0.15, 0.2) is 12.1 Å². The van der Waals surface area contributed by atoms with Gasteiger partial charge in [0.15, 0.2) is 0 Å². The Morgan fingerprint density at radius 2 is 2.24 bits per heavy atom. The minimum atomic E-state index is -0.629. The topological polar surface area (TPSA) is 72.3 Å². The molecule has 92 valence electrons. The Balaban J connectivity index is 2.46. The molecule has 1 atom stereocenters. The highest BCUT2D eigenvalue weighted by Gasteiger charge is 2.24. The van der Waals surface area contributed by atoms with Crippen molar-refractivity contribution in [2.75, 3.05) is 17.2 Å². The summed E-state index contributed by atoms with van der Waals surface area (Å²) in [5.41, 5.74) is 11.5. The molecule has 1 aliphatic heterocycles. The second-order valence-electron chi connectivity index (χ2n) is 4.44. The largest absolute Gasteiger partial charge is 0.398 e. The number of amides is 1. The smallest absolute Gasteiger partial charge is 0.250 e. The van der Waals surface area contributed by atoms with Gasteiger partial charge < -0.3 is 16.4 Å². The van der Waals surface area contributed by atoms with Crippen molar-refractivity contribution in [2.24, 2.45) is 5.73 Å². The van der Waals surface area contributed by atoms with Gasteiger partial charge in [0.1, 0.15) is 5.82 Å². The second kappa shape index (κ2) is 4.24. The van der Waals surface area contributed by atoms with E-state index in [1.54, 1.807) is 0 Å². The third kappa shape index (κ3) is 2.05. The fourth-order valence-electron chi connectivity index (χ4n) is 2.30. The van der Waals surface area contributed by atoms with Crippen LogP contribution in [0.2, 0.25) is 0 Å². The molecule has 1 aromatic carbocycles. The maximum atomic E-state index is 13.8. The Morgan fingerprint density at radius 1 is 1.53 bits per heavy atom. The van der Waals surface area contributed by atoms with Crippen LogP contribution in [0.1, 0.15) is 30.1 Å². The van der Waals surface area contributed by atoms with Crippen molar-refractivity contribution < 1.29 is 9.18 Å². The summed E-state index contributed by atoms with van der Waals surface area (Å²) in [7, 11) is 0. The van der Waals surface area contributed by atoms with Crippen molar-refractivity contribution in [3.05, 3.63) is 23.5 Å². The van der Waals surface area contributed by atoms with Gasteiger partial charge in [0.25, 0.3) is 5.91 Å². The Hall–Kier alpha value is -1.78. The monoisotopic (exact) mass is 237 g/mol. The van der Waals surface area contributed by atoms with E-state index >= 15 is 0 Å². The van der Waals surface area contributed by atoms with Crippen molar-refractivity contribution in [1.29, 1.82) is 0 Å². The molecule has 1 aliphatic rings. The SMILES string of the molecule is CC1CCCN1c1cc(C(N)=O)c(N)cc1F. The van der Waals surface area contributed by atoms with E-state index in [9.17, 15) is 9.18 Å². The zero-order chi connectivity index (χ0) is 12.6. The van der Waals surface area contributed by atoms with Crippen LogP contribution in [0, 0.1) is 5.82 Å². The molecule has 17 heavy (non-hydrogen) atoms. The molecule has 0 aromatic heterocycles. The summed E-state index contributed by atoms with van der Waals surface area (Å²) in [6.45, 7) is 2.83. The predicted octanol–water partition coefficient (Wildman–Crippen LogP) is 1.50. The van der Waals surface area contributed by atoms with Crippen molar-refractivity contribution in [3.63, 3.8) is 0 Å². The van der Waals surface area contributed by atoms with Crippen LogP contribution in [0.25, 0.3) is 0 Å². The normalized spacial score (nSPS) is 19.6. The number of carbonyl (C=O) groups excluding carboxylic acids is 1. The summed E-state index contributed by atoms with van der Waals surface area (Å²) in [6.07, 6.45) is 2.05. The summed E-state index contributed by atoms with van der Waals surface area (Å²) in [6, 6.07) is 2.89. The van der Waals surface area contributed by atoms with E-state index in [0.29, 0.717) is 5.69 Å². The van der Waals surface area contributed by atoms with E-state index in [1.165, 1.54) is 12.1 Å². The lowest BCUT2D eigenvalue weighted by molar-refractivity contribution is 0.100. The number of benzene rings is 1. The minimum Gasteiger partial charge on any atom is -0.398 e. The number of hydrogen-bond acceptors (Lipinski definition) is 3. The van der Waals surface area contributed by atoms with Gasteiger partial charge in [-0.2, -0.15) is 0 Å². The highest BCUT2D eigenvalue weighted by atomic mass is 19.1. The van der Waals surface area contributed by atoms with E-state index in [1.807, 2.05) is 11.8 Å². The number of hydrogen-bond donors (Lipinski definition) is 2. The van der Waals surface area contributed by atoms with Gasteiger partial charge in [-0.05, 0) is 31.9 Å². The fourth-order valence-corrected chi connectivity index (χ4v) is 2.30. The second-order valence-corrected chi connectivity index (χ2v) is 4.44. The number of nitrogen functional groups attached to an aromatic ring is 1. The van der Waals surface area contributed by atoms with Crippen LogP contribution < -0.4 is 16.4 Å². The Bertz CT molecular complexity index is 461. The molecule has 0 radical (unpaired) electrons. The minimum absolute atomic E-state index is 0.0885. The molecule has 1 unspecified atom stereocenters. The molecule has 1 fully saturated rings. The van der Waals surface area contributed by atoms with Crippen molar-refractivity contribution in [3.8, 4) is 0 Å². The number of rotatable bonds is 2. The van der Waals surface area contributed by atoms with E-state index in [4.69, 9.17) is 11.5 Å². The highest BCUT2D eigenvalue weighted by molar-refractivity contribution is 5.99. The lowest BCUT2D eigenvalue weighted by Gasteiger charge is -2.25. The maximum Gasteiger partial charge on any atom is 0.250 e. The van der Waals surface area contributed by atoms with Crippen LogP contribution in [0.5, 0.6) is 0 Å². The van der Waals surface area contributed by atoms with Crippen molar-refractivity contribution in [2.45, 2.75) is 25.8 Å². The Labute approximate surface area is 99.4 Å². The lowest BCUT2D eigenvalue weighted by atomic mass is 10.1. The van der Waals surface area contributed by atoms with Gasteiger partial charge in [0.05, 0.1) is 11.3 Å². The summed E-state index contributed by atoms with van der Waals surface area (Å²) < 4.78 is 13.8. The zero-order valence-corrected chi connectivity index (χ0v) is 9.74. The highest BCUT2D eigenvalue weighted by Crippen LogP contribution is 2.30. The first-order valence-electron chi connectivity index (χ1n) is 5.66. The van der Waals surface area contributed by atoms with Gasteiger partial charge in [-0.1, -0.05) is 0 Å². The van der Waals surface area contributed by atoms with E-state index in [-0.39, 0.29) is 17.3 Å². The average molecular weight is 237 g/mol. The van der Waals surface area contributed by atoms with Gasteiger partial charge in [-0.15, -0.1) is 0 Å². The number of nitrogens with two attached hydrogens (primary N) is 2. The third-order valence-electron chi connectivity index (χ3n) is 3.25. The molecule has 0 aliphatic carbocycles. The number of primary amides is 1. The number of nitrogens with zero attached hydrogens (tertiary/aromatic N) is 1. The molecular formula is C12H16FN3O. The number of anilines is 2. The molecule has 4 N–H and O–H groups in total. The molecule has 1 aromatic rings. The number of carbonyl (C=O) groups is 1. The van der Waals surface area contributed by atoms with Crippen molar-refractivity contribution in [1.82, 2.24) is 0 Å². The molecule has 1 heterocycles. The van der Waals surface area contributed by atoms with Crippen LogP contribution in [-0.4, -0.2) is 18.5 Å². The van der Waals surface area contributed by atoms with E-state index in [0.717, 1.165) is 19.4 Å². The summed E-state index contributed by atoms with van der Waals surface area (Å²) in [5, 5.41) is 0. The first-order chi connectivity index (χ1) is 8.00. The zero-order valence-electron chi connectivity index (χ0n) is 9.74. The Morgan fingerprint density at radius 3 is 2.76 bits per heavy atom. The van der Waals surface area contributed by atoms with Crippen LogP contribution in [-0.2, 0) is 0 Å². The lowest BCUT2D eigenvalue weighted by Crippen LogP contribution is -2.28. The summed E-state index contributed by atoms with van der Waals surface area (Å²) in [4.78, 5) is 13.1. The predicted molar refractivity (Wildman–Crippen MR) is 65.4 cm³/mol. The van der Waals surface area contributed by atoms with Gasteiger partial charge in [-0.3, -0.25) is 4.79 Å². The molecular weight excluding hydrogens is 221 g/mol. The summed E-state index contributed by atoms with van der Waals surface area (Å²) >= 11 is 0. The quantitative estimate of drug-likeness (QED) is 0.765. The molecule has 0 saturated carbocycles. The summed E-state index contributed by atoms with van der Waals surface area (Å²) in [5.74, 6) is -1.03. The molecule has 1 amide bonds. The molecule has 0 bridgehead atoms. The van der Waals surface area contributed by atoms with Crippen LogP contribution in [0.3, 0.4) is 0 Å². The van der Waals surface area contributed by atoms with E-state index < -0.39 is 11.7 Å².